The van der Waals surface area contributed by atoms with Crippen LogP contribution in [0.25, 0.3) is 0 Å². The van der Waals surface area contributed by atoms with Crippen LogP contribution in [0.3, 0.4) is 0 Å². The summed E-state index contributed by atoms with van der Waals surface area (Å²) in [7, 11) is -3.14. The molecule has 7 heteroatoms. The van der Waals surface area contributed by atoms with Gasteiger partial charge in [-0.1, -0.05) is 0 Å². The van der Waals surface area contributed by atoms with E-state index in [1.165, 1.54) is 0 Å². The van der Waals surface area contributed by atoms with Crippen LogP contribution in [-0.2, 0) is 23.1 Å². The topological polar surface area (TPSA) is 75.4 Å². The summed E-state index contributed by atoms with van der Waals surface area (Å²) < 4.78 is 28.0. The molecule has 1 aromatic heterocycles. The fourth-order valence-electron chi connectivity index (χ4n) is 2.45. The molecule has 0 amide bonds. The molecule has 1 aliphatic carbocycles. The first-order valence-corrected chi connectivity index (χ1v) is 8.22. The van der Waals surface area contributed by atoms with Gasteiger partial charge in [0, 0.05) is 13.1 Å². The summed E-state index contributed by atoms with van der Waals surface area (Å²) in [4.78, 5) is 0. The molecule has 0 aromatic carbocycles. The monoisotopic (exact) mass is 285 g/mol. The molecule has 1 fully saturated rings. The molecule has 3 rings (SSSR count). The predicted octanol–water partition coefficient (Wildman–Crippen LogP) is 0.634. The Balaban J connectivity index is 1.87. The smallest absolute Gasteiger partial charge is 0.217 e. The van der Waals surface area contributed by atoms with Crippen molar-refractivity contribution in [2.24, 2.45) is 0 Å². The molecule has 1 N–H and O–H groups in total. The molecule has 0 radical (unpaired) electrons. The van der Waals surface area contributed by atoms with Crippen molar-refractivity contribution >= 4 is 10.0 Å². The van der Waals surface area contributed by atoms with E-state index in [0.717, 1.165) is 25.0 Å². The van der Waals surface area contributed by atoms with E-state index in [2.05, 4.69) is 5.10 Å². The molecule has 6 nitrogen and oxygen atoms in total. The van der Waals surface area contributed by atoms with Crippen LogP contribution in [0, 0.1) is 0 Å². The zero-order chi connectivity index (χ0) is 13.6. The van der Waals surface area contributed by atoms with Crippen LogP contribution in [0.2, 0.25) is 0 Å². The van der Waals surface area contributed by atoms with E-state index in [-0.39, 0.29) is 5.25 Å². The van der Waals surface area contributed by atoms with Crippen LogP contribution < -0.4 is 0 Å². The van der Waals surface area contributed by atoms with Crippen molar-refractivity contribution in [3.8, 4) is 0 Å². The highest BCUT2D eigenvalue weighted by Gasteiger charge is 2.40. The van der Waals surface area contributed by atoms with E-state index in [1.54, 1.807) is 11.2 Å². The van der Waals surface area contributed by atoms with Crippen LogP contribution in [-0.4, -0.2) is 39.4 Å². The van der Waals surface area contributed by atoms with Gasteiger partial charge in [0.1, 0.15) is 0 Å². The molecule has 1 unspecified atom stereocenters. The van der Waals surface area contributed by atoms with Gasteiger partial charge in [-0.15, -0.1) is 0 Å². The molecule has 0 spiro atoms. The SMILES string of the molecule is CC(O)c1cc2n(n1)CCCN(S(=O)(=O)C1CC1)C2. The maximum Gasteiger partial charge on any atom is 0.217 e. The Morgan fingerprint density at radius 2 is 2.16 bits per heavy atom. The van der Waals surface area contributed by atoms with Crippen LogP contribution in [0.4, 0.5) is 0 Å². The van der Waals surface area contributed by atoms with Gasteiger partial charge in [0.2, 0.25) is 10.0 Å². The van der Waals surface area contributed by atoms with Gasteiger partial charge in [-0.3, -0.25) is 4.68 Å². The molecule has 0 bridgehead atoms. The minimum atomic E-state index is -3.14. The minimum absolute atomic E-state index is 0.168. The number of aryl methyl sites for hydroxylation is 1. The van der Waals surface area contributed by atoms with E-state index in [1.807, 2.05) is 10.7 Å². The number of sulfonamides is 1. The van der Waals surface area contributed by atoms with Crippen molar-refractivity contribution in [1.29, 1.82) is 0 Å². The lowest BCUT2D eigenvalue weighted by Crippen LogP contribution is -2.33. The van der Waals surface area contributed by atoms with Crippen molar-refractivity contribution < 1.29 is 13.5 Å². The minimum Gasteiger partial charge on any atom is -0.387 e. The van der Waals surface area contributed by atoms with E-state index in [9.17, 15) is 13.5 Å². The molecule has 1 aromatic rings. The lowest BCUT2D eigenvalue weighted by molar-refractivity contribution is 0.193. The zero-order valence-electron chi connectivity index (χ0n) is 11.0. The van der Waals surface area contributed by atoms with Crippen LogP contribution in [0.1, 0.15) is 43.7 Å². The number of hydrogen-bond acceptors (Lipinski definition) is 4. The molecule has 1 atom stereocenters. The first-order valence-electron chi connectivity index (χ1n) is 6.72. The average molecular weight is 285 g/mol. The lowest BCUT2D eigenvalue weighted by atomic mass is 10.2. The Morgan fingerprint density at radius 1 is 1.42 bits per heavy atom. The molecule has 2 heterocycles. The van der Waals surface area contributed by atoms with Crippen LogP contribution in [0.15, 0.2) is 6.07 Å². The molecule has 0 saturated heterocycles. The van der Waals surface area contributed by atoms with E-state index in [0.29, 0.717) is 25.3 Å². The molecule has 19 heavy (non-hydrogen) atoms. The fourth-order valence-corrected chi connectivity index (χ4v) is 4.30. The van der Waals surface area contributed by atoms with Gasteiger partial charge < -0.3 is 5.11 Å². The molecular weight excluding hydrogens is 266 g/mol. The Bertz CT molecular complexity index is 575. The molecular formula is C12H19N3O3S. The number of fused-ring (bicyclic) bond motifs is 1. The van der Waals surface area contributed by atoms with Crippen LogP contribution >= 0.6 is 0 Å². The Labute approximate surface area is 113 Å². The van der Waals surface area contributed by atoms with Gasteiger partial charge in [0.25, 0.3) is 0 Å². The number of nitrogens with zero attached hydrogens (tertiary/aromatic N) is 3. The maximum absolute atomic E-state index is 12.3. The third-order valence-electron chi connectivity index (χ3n) is 3.73. The first-order chi connectivity index (χ1) is 8.98. The quantitative estimate of drug-likeness (QED) is 0.884. The first kappa shape index (κ1) is 13.1. The Morgan fingerprint density at radius 3 is 2.79 bits per heavy atom. The summed E-state index contributed by atoms with van der Waals surface area (Å²) in [6.07, 6.45) is 1.72. The van der Waals surface area contributed by atoms with Crippen molar-refractivity contribution in [2.75, 3.05) is 6.54 Å². The molecule has 1 saturated carbocycles. The number of rotatable bonds is 3. The normalized spacial score (nSPS) is 22.8. The van der Waals surface area contributed by atoms with E-state index >= 15 is 0 Å². The van der Waals surface area contributed by atoms with E-state index in [4.69, 9.17) is 0 Å². The van der Waals surface area contributed by atoms with Crippen molar-refractivity contribution in [2.45, 2.75) is 50.6 Å². The number of aliphatic hydroxyl groups is 1. The van der Waals surface area contributed by atoms with Gasteiger partial charge in [-0.05, 0) is 32.3 Å². The zero-order valence-corrected chi connectivity index (χ0v) is 11.8. The van der Waals surface area contributed by atoms with E-state index < -0.39 is 16.1 Å². The largest absolute Gasteiger partial charge is 0.387 e. The third-order valence-corrected chi connectivity index (χ3v) is 6.08. The average Bonchev–Trinajstić information content (AvgIpc) is 3.14. The molecule has 1 aliphatic heterocycles. The summed E-state index contributed by atoms with van der Waals surface area (Å²) in [5.74, 6) is 0. The van der Waals surface area contributed by atoms with Crippen molar-refractivity contribution in [1.82, 2.24) is 14.1 Å². The maximum atomic E-state index is 12.3. The predicted molar refractivity (Wildman–Crippen MR) is 69.8 cm³/mol. The van der Waals surface area contributed by atoms with Crippen molar-refractivity contribution in [3.05, 3.63) is 17.5 Å². The summed E-state index contributed by atoms with van der Waals surface area (Å²) in [5, 5.41) is 13.7. The second-order valence-corrected chi connectivity index (χ2v) is 7.60. The highest BCUT2D eigenvalue weighted by molar-refractivity contribution is 7.90. The van der Waals surface area contributed by atoms with Gasteiger partial charge >= 0.3 is 0 Å². The van der Waals surface area contributed by atoms with Crippen molar-refractivity contribution in [3.63, 3.8) is 0 Å². The fraction of sp³-hybridized carbons (Fsp3) is 0.750. The second kappa shape index (κ2) is 4.57. The van der Waals surface area contributed by atoms with Gasteiger partial charge in [-0.25, -0.2) is 8.42 Å². The highest BCUT2D eigenvalue weighted by atomic mass is 32.2. The van der Waals surface area contributed by atoms with Crippen LogP contribution in [0.5, 0.6) is 0 Å². The molecule has 106 valence electrons. The standard InChI is InChI=1S/C12H19N3O3S/c1-9(16)12-7-10-8-14(5-2-6-15(10)13-12)19(17,18)11-3-4-11/h7,9,11,16H,2-6,8H2,1H3. The number of aliphatic hydroxyl groups excluding tert-OH is 1. The Hall–Kier alpha value is -0.920. The third kappa shape index (κ3) is 2.42. The molecule has 2 aliphatic rings. The summed E-state index contributed by atoms with van der Waals surface area (Å²) >= 11 is 0. The number of aromatic nitrogens is 2. The lowest BCUT2D eigenvalue weighted by Gasteiger charge is -2.19. The summed E-state index contributed by atoms with van der Waals surface area (Å²) in [6.45, 7) is 3.31. The van der Waals surface area contributed by atoms with Gasteiger partial charge in [0.15, 0.2) is 0 Å². The van der Waals surface area contributed by atoms with Gasteiger partial charge in [-0.2, -0.15) is 9.40 Å². The van der Waals surface area contributed by atoms with Gasteiger partial charge in [0.05, 0.1) is 29.3 Å². The second-order valence-electron chi connectivity index (χ2n) is 5.39. The summed E-state index contributed by atoms with van der Waals surface area (Å²) in [6, 6.07) is 1.81. The highest BCUT2D eigenvalue weighted by Crippen LogP contribution is 2.32. The summed E-state index contributed by atoms with van der Waals surface area (Å²) in [5.41, 5.74) is 1.48. The Kier molecular flexibility index (Phi) is 3.15. The number of hydrogen-bond donors (Lipinski definition) is 1.